The van der Waals surface area contributed by atoms with Crippen LogP contribution >= 0.6 is 11.6 Å². The highest BCUT2D eigenvalue weighted by Crippen LogP contribution is 2.31. The molecule has 0 aliphatic carbocycles. The van der Waals surface area contributed by atoms with Crippen molar-refractivity contribution in [3.05, 3.63) is 46.6 Å². The number of methoxy groups -OCH3 is 2. The molecule has 0 unspecified atom stereocenters. The Morgan fingerprint density at radius 3 is 2.70 bits per heavy atom. The van der Waals surface area contributed by atoms with Gasteiger partial charge >= 0.3 is 0 Å². The Kier molecular flexibility index (Phi) is 4.69. The molecule has 1 heterocycles. The van der Waals surface area contributed by atoms with Gasteiger partial charge in [0.15, 0.2) is 0 Å². The van der Waals surface area contributed by atoms with E-state index in [0.29, 0.717) is 23.2 Å². The monoisotopic (exact) mass is 292 g/mol. The maximum Gasteiger partial charge on any atom is 0.213 e. The van der Waals surface area contributed by atoms with Crippen molar-refractivity contribution in [2.75, 3.05) is 19.5 Å². The van der Waals surface area contributed by atoms with E-state index in [1.165, 1.54) is 0 Å². The molecule has 5 heteroatoms. The molecular weight excluding hydrogens is 276 g/mol. The van der Waals surface area contributed by atoms with E-state index < -0.39 is 0 Å². The van der Waals surface area contributed by atoms with Gasteiger partial charge < -0.3 is 14.8 Å². The van der Waals surface area contributed by atoms with Gasteiger partial charge in [0.2, 0.25) is 5.88 Å². The van der Waals surface area contributed by atoms with Crippen molar-refractivity contribution in [2.24, 2.45) is 0 Å². The van der Waals surface area contributed by atoms with Crippen molar-refractivity contribution in [3.8, 4) is 11.6 Å². The maximum absolute atomic E-state index is 6.08. The van der Waals surface area contributed by atoms with Crippen molar-refractivity contribution >= 4 is 17.3 Å². The van der Waals surface area contributed by atoms with Crippen LogP contribution in [0.25, 0.3) is 0 Å². The summed E-state index contributed by atoms with van der Waals surface area (Å²) in [5.74, 6) is 1.31. The second-order valence-electron chi connectivity index (χ2n) is 4.33. The van der Waals surface area contributed by atoms with Crippen LogP contribution < -0.4 is 14.8 Å². The fourth-order valence-corrected chi connectivity index (χ4v) is 1.98. The first-order chi connectivity index (χ1) is 9.63. The summed E-state index contributed by atoms with van der Waals surface area (Å²) in [7, 11) is 3.22. The van der Waals surface area contributed by atoms with Crippen molar-refractivity contribution < 1.29 is 9.47 Å². The van der Waals surface area contributed by atoms with E-state index in [4.69, 9.17) is 21.1 Å². The Morgan fingerprint density at radius 2 is 2.00 bits per heavy atom. The van der Waals surface area contributed by atoms with Crippen LogP contribution in [0.15, 0.2) is 30.3 Å². The summed E-state index contributed by atoms with van der Waals surface area (Å²) in [6.45, 7) is 2.53. The van der Waals surface area contributed by atoms with Crippen LogP contribution in [0.5, 0.6) is 11.6 Å². The first kappa shape index (κ1) is 14.5. The van der Waals surface area contributed by atoms with Gasteiger partial charge in [-0.1, -0.05) is 17.7 Å². The maximum atomic E-state index is 6.08. The van der Waals surface area contributed by atoms with Crippen LogP contribution in [0.1, 0.15) is 11.3 Å². The zero-order chi connectivity index (χ0) is 14.5. The molecule has 1 N–H and O–H groups in total. The largest absolute Gasteiger partial charge is 0.495 e. The van der Waals surface area contributed by atoms with Gasteiger partial charge in [0.25, 0.3) is 0 Å². The molecule has 0 amide bonds. The van der Waals surface area contributed by atoms with Crippen LogP contribution in [-0.4, -0.2) is 19.2 Å². The molecule has 0 bridgehead atoms. The minimum Gasteiger partial charge on any atom is -0.495 e. The second-order valence-corrected chi connectivity index (χ2v) is 4.73. The molecule has 0 atom stereocenters. The number of aryl methyl sites for hydroxylation is 1. The molecule has 20 heavy (non-hydrogen) atoms. The van der Waals surface area contributed by atoms with Crippen molar-refractivity contribution in [1.82, 2.24) is 4.98 Å². The van der Waals surface area contributed by atoms with E-state index >= 15 is 0 Å². The number of anilines is 1. The van der Waals surface area contributed by atoms with Crippen LogP contribution in [0, 0.1) is 6.92 Å². The fraction of sp³-hybridized carbons (Fsp3) is 0.267. The summed E-state index contributed by atoms with van der Waals surface area (Å²) >= 11 is 6.08. The molecule has 0 spiro atoms. The number of halogens is 1. The van der Waals surface area contributed by atoms with Crippen LogP contribution in [0.4, 0.5) is 5.69 Å². The Labute approximate surface area is 123 Å². The third-order valence-electron chi connectivity index (χ3n) is 2.93. The molecule has 0 fully saturated rings. The average Bonchev–Trinajstić information content (AvgIpc) is 2.48. The summed E-state index contributed by atoms with van der Waals surface area (Å²) in [5.41, 5.74) is 2.77. The third-order valence-corrected chi connectivity index (χ3v) is 3.34. The van der Waals surface area contributed by atoms with Crippen molar-refractivity contribution in [2.45, 2.75) is 13.5 Å². The topological polar surface area (TPSA) is 43.4 Å². The van der Waals surface area contributed by atoms with E-state index in [1.807, 2.05) is 31.2 Å². The molecule has 1 aromatic heterocycles. The highest BCUT2D eigenvalue weighted by molar-refractivity contribution is 6.31. The van der Waals surface area contributed by atoms with Crippen molar-refractivity contribution in [1.29, 1.82) is 0 Å². The number of ether oxygens (including phenoxy) is 2. The lowest BCUT2D eigenvalue weighted by atomic mass is 10.2. The van der Waals surface area contributed by atoms with Gasteiger partial charge in [-0.2, -0.15) is 0 Å². The molecule has 4 nitrogen and oxygen atoms in total. The zero-order valence-corrected chi connectivity index (χ0v) is 12.5. The standard InChI is InChI=1S/C15H17ClN2O2/c1-10-7-13(14(19-2)8-12(10)16)17-9-11-5-4-6-15(18-11)20-3/h4-8,17H,9H2,1-3H3. The minimum absolute atomic E-state index is 0.578. The summed E-state index contributed by atoms with van der Waals surface area (Å²) in [6.07, 6.45) is 0. The summed E-state index contributed by atoms with van der Waals surface area (Å²) < 4.78 is 10.4. The Hall–Kier alpha value is -1.94. The van der Waals surface area contributed by atoms with Gasteiger partial charge in [-0.25, -0.2) is 4.98 Å². The molecule has 0 saturated heterocycles. The third kappa shape index (κ3) is 3.33. The van der Waals surface area contributed by atoms with E-state index in [9.17, 15) is 0 Å². The molecule has 0 radical (unpaired) electrons. The predicted octanol–water partition coefficient (Wildman–Crippen LogP) is 3.67. The molecule has 0 saturated carbocycles. The number of aromatic nitrogens is 1. The smallest absolute Gasteiger partial charge is 0.213 e. The predicted molar refractivity (Wildman–Crippen MR) is 80.9 cm³/mol. The highest BCUT2D eigenvalue weighted by Gasteiger charge is 2.07. The van der Waals surface area contributed by atoms with Gasteiger partial charge in [0.1, 0.15) is 5.75 Å². The number of pyridine rings is 1. The van der Waals surface area contributed by atoms with Gasteiger partial charge in [-0.3, -0.25) is 0 Å². The molecule has 1 aromatic carbocycles. The van der Waals surface area contributed by atoms with Gasteiger partial charge in [-0.15, -0.1) is 0 Å². The molecule has 2 rings (SSSR count). The minimum atomic E-state index is 0.578. The summed E-state index contributed by atoms with van der Waals surface area (Å²) in [6, 6.07) is 9.42. The van der Waals surface area contributed by atoms with E-state index in [-0.39, 0.29) is 0 Å². The first-order valence-corrected chi connectivity index (χ1v) is 6.59. The van der Waals surface area contributed by atoms with Gasteiger partial charge in [0, 0.05) is 17.2 Å². The second kappa shape index (κ2) is 6.48. The zero-order valence-electron chi connectivity index (χ0n) is 11.7. The normalized spacial score (nSPS) is 10.2. The number of rotatable bonds is 5. The molecule has 0 aliphatic heterocycles. The number of nitrogens with zero attached hydrogens (tertiary/aromatic N) is 1. The summed E-state index contributed by atoms with van der Waals surface area (Å²) in [4.78, 5) is 4.35. The fourth-order valence-electron chi connectivity index (χ4n) is 1.83. The van der Waals surface area contributed by atoms with Crippen LogP contribution in [0.3, 0.4) is 0 Å². The Bertz CT molecular complexity index is 602. The van der Waals surface area contributed by atoms with Crippen LogP contribution in [-0.2, 0) is 6.54 Å². The molecule has 2 aromatic rings. The number of hydrogen-bond donors (Lipinski definition) is 1. The van der Waals surface area contributed by atoms with Crippen molar-refractivity contribution in [3.63, 3.8) is 0 Å². The quantitative estimate of drug-likeness (QED) is 0.913. The van der Waals surface area contributed by atoms with Crippen LogP contribution in [0.2, 0.25) is 5.02 Å². The van der Waals surface area contributed by atoms with Gasteiger partial charge in [-0.05, 0) is 24.6 Å². The lowest BCUT2D eigenvalue weighted by molar-refractivity contribution is 0.396. The lowest BCUT2D eigenvalue weighted by Crippen LogP contribution is -2.04. The molecule has 0 aliphatic rings. The number of nitrogens with one attached hydrogen (secondary N) is 1. The average molecular weight is 293 g/mol. The SMILES string of the molecule is COc1cccc(CNc2cc(C)c(Cl)cc2OC)n1. The van der Waals surface area contributed by atoms with E-state index in [1.54, 1.807) is 20.3 Å². The number of hydrogen-bond acceptors (Lipinski definition) is 4. The summed E-state index contributed by atoms with van der Waals surface area (Å²) in [5, 5.41) is 3.99. The lowest BCUT2D eigenvalue weighted by Gasteiger charge is -2.13. The van der Waals surface area contributed by atoms with E-state index in [0.717, 1.165) is 16.9 Å². The van der Waals surface area contributed by atoms with Gasteiger partial charge in [0.05, 0.1) is 32.1 Å². The Morgan fingerprint density at radius 1 is 1.20 bits per heavy atom. The molecule has 106 valence electrons. The Balaban J connectivity index is 2.15. The number of benzene rings is 1. The molecular formula is C15H17ClN2O2. The highest BCUT2D eigenvalue weighted by atomic mass is 35.5. The first-order valence-electron chi connectivity index (χ1n) is 6.22. The van der Waals surface area contributed by atoms with E-state index in [2.05, 4.69) is 10.3 Å².